The van der Waals surface area contributed by atoms with E-state index in [1.54, 1.807) is 0 Å². The second-order valence-corrected chi connectivity index (χ2v) is 2.78. The molecule has 0 aliphatic rings. The first-order valence-corrected chi connectivity index (χ1v) is 3.78. The molecule has 1 rings (SSSR count). The predicted octanol–water partition coefficient (Wildman–Crippen LogP) is 2.33. The number of alkyl halides is 1. The van der Waals surface area contributed by atoms with Gasteiger partial charge in [-0.1, -0.05) is 12.1 Å². The van der Waals surface area contributed by atoms with E-state index in [9.17, 15) is 13.6 Å². The van der Waals surface area contributed by atoms with Crippen LogP contribution in [0.1, 0.15) is 10.9 Å². The van der Waals surface area contributed by atoms with Gasteiger partial charge in [-0.25, -0.2) is 8.78 Å². The maximum atomic E-state index is 12.9. The minimum absolute atomic E-state index is 0.367. The highest BCUT2D eigenvalue weighted by Crippen LogP contribution is 2.24. The zero-order chi connectivity index (χ0) is 10.0. The molecule has 0 saturated carbocycles. The van der Waals surface area contributed by atoms with E-state index in [1.165, 1.54) is 6.07 Å². The van der Waals surface area contributed by atoms with E-state index in [-0.39, 0.29) is 5.56 Å². The van der Waals surface area contributed by atoms with Crippen LogP contribution in [0.3, 0.4) is 0 Å². The van der Waals surface area contributed by atoms with Crippen LogP contribution in [0.2, 0.25) is 0 Å². The number of carboxylic acid groups (broad SMARTS) is 1. The summed E-state index contributed by atoms with van der Waals surface area (Å²) >= 11 is 5.31. The third-order valence-corrected chi connectivity index (χ3v) is 1.89. The molecule has 1 aromatic carbocycles. The molecule has 5 heteroatoms. The molecular weight excluding hydrogens is 202 g/mol. The lowest BCUT2D eigenvalue weighted by Gasteiger charge is -2.05. The molecule has 0 aliphatic heterocycles. The normalized spacial score (nSPS) is 12.5. The van der Waals surface area contributed by atoms with Gasteiger partial charge in [0.2, 0.25) is 0 Å². The maximum Gasteiger partial charge on any atom is 0.326 e. The number of hydrogen-bond donors (Lipinski definition) is 1. The summed E-state index contributed by atoms with van der Waals surface area (Å²) in [6.45, 7) is 0. The molecule has 1 N–H and O–H groups in total. The van der Waals surface area contributed by atoms with Crippen molar-refractivity contribution < 1.29 is 18.7 Å². The second kappa shape index (κ2) is 3.70. The summed E-state index contributed by atoms with van der Waals surface area (Å²) in [4.78, 5) is 10.3. The third kappa shape index (κ3) is 1.95. The summed E-state index contributed by atoms with van der Waals surface area (Å²) in [7, 11) is 0. The SMILES string of the molecule is O=C(O)C(Cl)c1cccc(F)c1F. The minimum atomic E-state index is -1.56. The lowest BCUT2D eigenvalue weighted by atomic mass is 10.1. The quantitative estimate of drug-likeness (QED) is 0.754. The average molecular weight is 207 g/mol. The molecule has 0 bridgehead atoms. The molecular formula is C8H5ClF2O2. The molecule has 0 saturated heterocycles. The van der Waals surface area contributed by atoms with E-state index in [2.05, 4.69) is 0 Å². The van der Waals surface area contributed by atoms with Crippen molar-refractivity contribution in [3.8, 4) is 0 Å². The molecule has 13 heavy (non-hydrogen) atoms. The Kier molecular flexibility index (Phi) is 2.83. The first-order valence-electron chi connectivity index (χ1n) is 3.35. The van der Waals surface area contributed by atoms with Crippen LogP contribution in [0.5, 0.6) is 0 Å². The number of rotatable bonds is 2. The van der Waals surface area contributed by atoms with Crippen molar-refractivity contribution in [3.05, 3.63) is 35.4 Å². The Labute approximate surface area is 77.8 Å². The highest BCUT2D eigenvalue weighted by molar-refractivity contribution is 6.29. The Morgan fingerprint density at radius 2 is 2.08 bits per heavy atom. The molecule has 1 atom stereocenters. The summed E-state index contributed by atoms with van der Waals surface area (Å²) in [5.41, 5.74) is -0.367. The minimum Gasteiger partial charge on any atom is -0.480 e. The van der Waals surface area contributed by atoms with E-state index in [0.717, 1.165) is 12.1 Å². The van der Waals surface area contributed by atoms with Crippen LogP contribution >= 0.6 is 11.6 Å². The molecule has 1 unspecified atom stereocenters. The molecule has 0 fully saturated rings. The van der Waals surface area contributed by atoms with E-state index in [1.807, 2.05) is 0 Å². The smallest absolute Gasteiger partial charge is 0.326 e. The fourth-order valence-corrected chi connectivity index (χ4v) is 1.02. The van der Waals surface area contributed by atoms with E-state index in [0.29, 0.717) is 0 Å². The fraction of sp³-hybridized carbons (Fsp3) is 0.125. The van der Waals surface area contributed by atoms with Crippen LogP contribution in [0, 0.1) is 11.6 Å². The van der Waals surface area contributed by atoms with Gasteiger partial charge in [0.05, 0.1) is 0 Å². The first-order chi connectivity index (χ1) is 6.04. The van der Waals surface area contributed by atoms with Crippen LogP contribution in [0.25, 0.3) is 0 Å². The number of hydrogen-bond acceptors (Lipinski definition) is 1. The Hall–Kier alpha value is -1.16. The van der Waals surface area contributed by atoms with Crippen LogP contribution in [-0.2, 0) is 4.79 Å². The number of halogens is 3. The van der Waals surface area contributed by atoms with Crippen molar-refractivity contribution in [1.82, 2.24) is 0 Å². The second-order valence-electron chi connectivity index (χ2n) is 2.34. The maximum absolute atomic E-state index is 12.9. The number of aliphatic carboxylic acids is 1. The lowest BCUT2D eigenvalue weighted by molar-refractivity contribution is -0.136. The Morgan fingerprint density at radius 1 is 1.46 bits per heavy atom. The van der Waals surface area contributed by atoms with E-state index < -0.39 is 23.0 Å². The Balaban J connectivity index is 3.15. The van der Waals surface area contributed by atoms with Gasteiger partial charge in [-0.3, -0.25) is 4.79 Å². The standard InChI is InChI=1S/C8H5ClF2O2/c9-6(8(12)13)4-2-1-3-5(10)7(4)11/h1-3,6H,(H,12,13). The van der Waals surface area contributed by atoms with Crippen molar-refractivity contribution >= 4 is 17.6 Å². The van der Waals surface area contributed by atoms with Gasteiger partial charge in [0.1, 0.15) is 0 Å². The molecule has 0 amide bonds. The monoisotopic (exact) mass is 206 g/mol. The molecule has 1 aromatic rings. The average Bonchev–Trinajstić information content (AvgIpc) is 2.08. The van der Waals surface area contributed by atoms with Crippen LogP contribution in [0.15, 0.2) is 18.2 Å². The summed E-state index contributed by atoms with van der Waals surface area (Å²) < 4.78 is 25.5. The summed E-state index contributed by atoms with van der Waals surface area (Å²) in [6.07, 6.45) is 0. The topological polar surface area (TPSA) is 37.3 Å². The van der Waals surface area contributed by atoms with Crippen molar-refractivity contribution in [3.63, 3.8) is 0 Å². The molecule has 0 aliphatic carbocycles. The number of benzene rings is 1. The van der Waals surface area contributed by atoms with Gasteiger partial charge in [0.25, 0.3) is 0 Å². The van der Waals surface area contributed by atoms with Gasteiger partial charge >= 0.3 is 5.97 Å². The molecule has 0 aromatic heterocycles. The van der Waals surface area contributed by atoms with Gasteiger partial charge in [-0.05, 0) is 6.07 Å². The van der Waals surface area contributed by atoms with Gasteiger partial charge < -0.3 is 5.11 Å². The number of carboxylic acids is 1. The molecule has 0 heterocycles. The predicted molar refractivity (Wildman–Crippen MR) is 42.6 cm³/mol. The molecule has 0 spiro atoms. The summed E-state index contributed by atoms with van der Waals surface area (Å²) in [5, 5.41) is 6.87. The first kappa shape index (κ1) is 9.92. The van der Waals surface area contributed by atoms with Crippen molar-refractivity contribution in [2.24, 2.45) is 0 Å². The molecule has 0 radical (unpaired) electrons. The van der Waals surface area contributed by atoms with Crippen LogP contribution < -0.4 is 0 Å². The largest absolute Gasteiger partial charge is 0.480 e. The van der Waals surface area contributed by atoms with Crippen molar-refractivity contribution in [1.29, 1.82) is 0 Å². The van der Waals surface area contributed by atoms with Crippen LogP contribution in [0.4, 0.5) is 8.78 Å². The third-order valence-electron chi connectivity index (χ3n) is 1.47. The molecule has 2 nitrogen and oxygen atoms in total. The van der Waals surface area contributed by atoms with E-state index in [4.69, 9.17) is 16.7 Å². The highest BCUT2D eigenvalue weighted by Gasteiger charge is 2.21. The summed E-state index contributed by atoms with van der Waals surface area (Å²) in [6, 6.07) is 3.22. The van der Waals surface area contributed by atoms with Gasteiger partial charge in [0, 0.05) is 5.56 Å². The van der Waals surface area contributed by atoms with E-state index >= 15 is 0 Å². The zero-order valence-electron chi connectivity index (χ0n) is 6.30. The van der Waals surface area contributed by atoms with Gasteiger partial charge in [0.15, 0.2) is 17.0 Å². The highest BCUT2D eigenvalue weighted by atomic mass is 35.5. The summed E-state index contributed by atoms with van der Waals surface area (Å²) in [5.74, 6) is -3.74. The Morgan fingerprint density at radius 3 is 2.62 bits per heavy atom. The number of carbonyl (C=O) groups is 1. The van der Waals surface area contributed by atoms with Crippen molar-refractivity contribution in [2.75, 3.05) is 0 Å². The van der Waals surface area contributed by atoms with Gasteiger partial charge in [-0.15, -0.1) is 11.6 Å². The van der Waals surface area contributed by atoms with Crippen molar-refractivity contribution in [2.45, 2.75) is 5.38 Å². The fourth-order valence-electron chi connectivity index (χ4n) is 0.849. The molecule has 70 valence electrons. The van der Waals surface area contributed by atoms with Gasteiger partial charge in [-0.2, -0.15) is 0 Å². The zero-order valence-corrected chi connectivity index (χ0v) is 7.05. The lowest BCUT2D eigenvalue weighted by Crippen LogP contribution is -2.07. The Bertz CT molecular complexity index is 341. The van der Waals surface area contributed by atoms with Crippen LogP contribution in [-0.4, -0.2) is 11.1 Å².